The molecule has 2 fully saturated rings. The predicted octanol–water partition coefficient (Wildman–Crippen LogP) is 0.849. The summed E-state index contributed by atoms with van der Waals surface area (Å²) in [6.07, 6.45) is 8.15. The van der Waals surface area contributed by atoms with E-state index >= 15 is 0 Å². The largest absolute Gasteiger partial charge is 0.383 e. The first-order chi connectivity index (χ1) is 12.3. The van der Waals surface area contributed by atoms with E-state index in [-0.39, 0.29) is 11.8 Å². The Morgan fingerprint density at radius 1 is 1.36 bits per heavy atom. The molecule has 1 unspecified atom stereocenters. The smallest absolute Gasteiger partial charge is 0.224 e. The third-order valence-corrected chi connectivity index (χ3v) is 5.45. The Kier molecular flexibility index (Phi) is 6.84. The van der Waals surface area contributed by atoms with Gasteiger partial charge in [-0.3, -0.25) is 14.6 Å². The van der Waals surface area contributed by atoms with Crippen molar-refractivity contribution in [3.8, 4) is 0 Å². The third-order valence-electron chi connectivity index (χ3n) is 5.45. The summed E-state index contributed by atoms with van der Waals surface area (Å²) in [5.74, 6) is 0.326. The van der Waals surface area contributed by atoms with Gasteiger partial charge in [-0.25, -0.2) is 4.98 Å². The molecule has 1 atom stereocenters. The number of carbonyl (C=O) groups excluding carboxylic acids is 1. The highest BCUT2D eigenvalue weighted by Gasteiger charge is 2.31. The lowest BCUT2D eigenvalue weighted by Gasteiger charge is -2.42. The monoisotopic (exact) mass is 349 g/mol. The van der Waals surface area contributed by atoms with Gasteiger partial charge < -0.3 is 15.0 Å². The number of aromatic nitrogens is 2. The van der Waals surface area contributed by atoms with Crippen LogP contribution >= 0.6 is 0 Å². The number of aromatic amines is 1. The minimum atomic E-state index is 0.133. The lowest BCUT2D eigenvalue weighted by atomic mass is 9.93. The second-order valence-corrected chi connectivity index (χ2v) is 7.20. The summed E-state index contributed by atoms with van der Waals surface area (Å²) < 4.78 is 5.01. The zero-order valence-electron chi connectivity index (χ0n) is 15.2. The topological polar surface area (TPSA) is 73.5 Å². The molecule has 7 nitrogen and oxygen atoms in total. The lowest BCUT2D eigenvalue weighted by Crippen LogP contribution is -2.50. The fraction of sp³-hybridized carbons (Fsp3) is 0.778. The number of H-pyrrole nitrogens is 1. The average Bonchev–Trinajstić information content (AvgIpc) is 3.16. The van der Waals surface area contributed by atoms with Crippen molar-refractivity contribution >= 4 is 5.91 Å². The minimum Gasteiger partial charge on any atom is -0.383 e. The Labute approximate surface area is 150 Å². The van der Waals surface area contributed by atoms with E-state index in [2.05, 4.69) is 25.1 Å². The Balaban J connectivity index is 1.42. The highest BCUT2D eigenvalue weighted by molar-refractivity contribution is 5.78. The van der Waals surface area contributed by atoms with Crippen molar-refractivity contribution in [3.05, 3.63) is 18.2 Å². The Hall–Kier alpha value is -1.44. The third kappa shape index (κ3) is 5.26. The van der Waals surface area contributed by atoms with Gasteiger partial charge in [-0.2, -0.15) is 0 Å². The molecule has 0 bridgehead atoms. The molecular formula is C18H31N5O2. The molecule has 0 aliphatic carbocycles. The number of carbonyl (C=O) groups is 1. The summed E-state index contributed by atoms with van der Waals surface area (Å²) in [5.41, 5.74) is 1.18. The summed E-state index contributed by atoms with van der Waals surface area (Å²) in [6.45, 7) is 6.42. The highest BCUT2D eigenvalue weighted by atomic mass is 16.5. The number of piperidine rings is 2. The molecule has 2 saturated heterocycles. The standard InChI is InChI=1S/C18H31N5O2/c1-25-10-6-20-18(24)15-3-2-7-23(12-15)17-4-8-22(9-5-17)13-16-11-19-14-21-16/h11,14-15,17H,2-10,12-13H2,1H3,(H,19,21)(H,20,24). The van der Waals surface area contributed by atoms with E-state index in [0.717, 1.165) is 45.6 Å². The van der Waals surface area contributed by atoms with Crippen LogP contribution in [0.1, 0.15) is 31.4 Å². The van der Waals surface area contributed by atoms with Gasteiger partial charge in [0.1, 0.15) is 0 Å². The van der Waals surface area contributed by atoms with Crippen molar-refractivity contribution < 1.29 is 9.53 Å². The molecule has 2 aliphatic rings. The molecule has 7 heteroatoms. The van der Waals surface area contributed by atoms with Crippen LogP contribution in [0.2, 0.25) is 0 Å². The van der Waals surface area contributed by atoms with Gasteiger partial charge in [0.25, 0.3) is 0 Å². The van der Waals surface area contributed by atoms with Gasteiger partial charge in [-0.15, -0.1) is 0 Å². The van der Waals surface area contributed by atoms with Gasteiger partial charge in [0.15, 0.2) is 0 Å². The van der Waals surface area contributed by atoms with Crippen LogP contribution in [-0.4, -0.2) is 78.2 Å². The Morgan fingerprint density at radius 2 is 2.20 bits per heavy atom. The second-order valence-electron chi connectivity index (χ2n) is 7.20. The van der Waals surface area contributed by atoms with Crippen LogP contribution in [0.25, 0.3) is 0 Å². The van der Waals surface area contributed by atoms with Crippen molar-refractivity contribution in [3.63, 3.8) is 0 Å². The molecule has 2 aliphatic heterocycles. The van der Waals surface area contributed by atoms with Crippen molar-refractivity contribution in [1.29, 1.82) is 0 Å². The molecule has 0 spiro atoms. The average molecular weight is 349 g/mol. The quantitative estimate of drug-likeness (QED) is 0.714. The van der Waals surface area contributed by atoms with Crippen LogP contribution in [0.3, 0.4) is 0 Å². The van der Waals surface area contributed by atoms with Crippen LogP contribution < -0.4 is 5.32 Å². The van der Waals surface area contributed by atoms with E-state index in [9.17, 15) is 4.79 Å². The fourth-order valence-corrected chi connectivity index (χ4v) is 4.03. The molecular weight excluding hydrogens is 318 g/mol. The number of hydrogen-bond acceptors (Lipinski definition) is 5. The SMILES string of the molecule is COCCNC(=O)C1CCCN(C2CCN(Cc3cnc[nH]3)CC2)C1. The molecule has 1 amide bonds. The zero-order valence-corrected chi connectivity index (χ0v) is 15.2. The zero-order chi connectivity index (χ0) is 17.5. The number of amides is 1. The molecule has 1 aromatic heterocycles. The van der Waals surface area contributed by atoms with Gasteiger partial charge in [0.05, 0.1) is 18.9 Å². The van der Waals surface area contributed by atoms with Crippen molar-refractivity contribution in [2.45, 2.75) is 38.3 Å². The normalized spacial score (nSPS) is 23.6. The summed E-state index contributed by atoms with van der Waals surface area (Å²) in [4.78, 5) is 24.6. The summed E-state index contributed by atoms with van der Waals surface area (Å²) >= 11 is 0. The van der Waals surface area contributed by atoms with Gasteiger partial charge in [0.2, 0.25) is 5.91 Å². The number of methoxy groups -OCH3 is 1. The first kappa shape index (κ1) is 18.4. The number of likely N-dealkylation sites (tertiary alicyclic amines) is 2. The molecule has 0 aromatic carbocycles. The van der Waals surface area contributed by atoms with Gasteiger partial charge in [-0.05, 0) is 32.2 Å². The highest BCUT2D eigenvalue weighted by Crippen LogP contribution is 2.24. The maximum atomic E-state index is 12.3. The van der Waals surface area contributed by atoms with Gasteiger partial charge >= 0.3 is 0 Å². The maximum Gasteiger partial charge on any atom is 0.224 e. The van der Waals surface area contributed by atoms with E-state index in [1.54, 1.807) is 13.4 Å². The number of ether oxygens (including phenoxy) is 1. The maximum absolute atomic E-state index is 12.3. The van der Waals surface area contributed by atoms with Crippen LogP contribution in [0.5, 0.6) is 0 Å². The van der Waals surface area contributed by atoms with Crippen LogP contribution in [0, 0.1) is 5.92 Å². The van der Waals surface area contributed by atoms with Crippen LogP contribution in [0.4, 0.5) is 0 Å². The molecule has 3 rings (SSSR count). The first-order valence-electron chi connectivity index (χ1n) is 9.46. The Bertz CT molecular complexity index is 514. The van der Waals surface area contributed by atoms with Crippen LogP contribution in [0.15, 0.2) is 12.5 Å². The number of hydrogen-bond donors (Lipinski definition) is 2. The van der Waals surface area contributed by atoms with E-state index in [4.69, 9.17) is 4.74 Å². The molecule has 140 valence electrons. The van der Waals surface area contributed by atoms with Gasteiger partial charge in [0, 0.05) is 57.8 Å². The van der Waals surface area contributed by atoms with E-state index < -0.39 is 0 Å². The Morgan fingerprint density at radius 3 is 2.92 bits per heavy atom. The fourth-order valence-electron chi connectivity index (χ4n) is 4.03. The van der Waals surface area contributed by atoms with Crippen LogP contribution in [-0.2, 0) is 16.1 Å². The second kappa shape index (κ2) is 9.31. The summed E-state index contributed by atoms with van der Waals surface area (Å²) in [7, 11) is 1.66. The number of nitrogens with one attached hydrogen (secondary N) is 2. The molecule has 1 aromatic rings. The van der Waals surface area contributed by atoms with E-state index in [1.807, 2.05) is 6.20 Å². The van der Waals surface area contributed by atoms with Crippen molar-refractivity contribution in [2.24, 2.45) is 5.92 Å². The predicted molar refractivity (Wildman–Crippen MR) is 96.1 cm³/mol. The molecule has 3 heterocycles. The lowest BCUT2D eigenvalue weighted by molar-refractivity contribution is -0.127. The molecule has 2 N–H and O–H groups in total. The minimum absolute atomic E-state index is 0.133. The molecule has 0 saturated carbocycles. The first-order valence-corrected chi connectivity index (χ1v) is 9.46. The van der Waals surface area contributed by atoms with Crippen molar-refractivity contribution in [2.75, 3.05) is 46.4 Å². The van der Waals surface area contributed by atoms with Gasteiger partial charge in [-0.1, -0.05) is 0 Å². The summed E-state index contributed by atoms with van der Waals surface area (Å²) in [5, 5.41) is 3.00. The number of nitrogens with zero attached hydrogens (tertiary/aromatic N) is 3. The molecule has 0 radical (unpaired) electrons. The van der Waals surface area contributed by atoms with E-state index in [0.29, 0.717) is 19.2 Å². The van der Waals surface area contributed by atoms with E-state index in [1.165, 1.54) is 18.5 Å². The number of rotatable bonds is 7. The van der Waals surface area contributed by atoms with Crippen molar-refractivity contribution in [1.82, 2.24) is 25.1 Å². The number of imidazole rings is 1. The summed E-state index contributed by atoms with van der Waals surface area (Å²) in [6, 6.07) is 0.618. The molecule has 25 heavy (non-hydrogen) atoms.